The summed E-state index contributed by atoms with van der Waals surface area (Å²) < 4.78 is 11.0. The predicted octanol–water partition coefficient (Wildman–Crippen LogP) is 2.20. The zero-order valence-electron chi connectivity index (χ0n) is 11.5. The number of ether oxygens (including phenoxy) is 2. The normalized spacial score (nSPS) is 19.2. The molecule has 1 atom stereocenters. The number of hydrogen-bond acceptors (Lipinski definition) is 5. The van der Waals surface area contributed by atoms with E-state index in [2.05, 4.69) is 5.16 Å². The summed E-state index contributed by atoms with van der Waals surface area (Å²) >= 11 is 1.81. The maximum Gasteiger partial charge on any atom is 0.170 e. The largest absolute Gasteiger partial charge is 0.496 e. The molecule has 3 N–H and O–H groups in total. The van der Waals surface area contributed by atoms with Gasteiger partial charge >= 0.3 is 0 Å². The highest BCUT2D eigenvalue weighted by Crippen LogP contribution is 2.26. The lowest BCUT2D eigenvalue weighted by Crippen LogP contribution is -2.13. The van der Waals surface area contributed by atoms with Crippen molar-refractivity contribution in [3.63, 3.8) is 0 Å². The Morgan fingerprint density at radius 1 is 1.60 bits per heavy atom. The highest BCUT2D eigenvalue weighted by molar-refractivity contribution is 7.98. The topological polar surface area (TPSA) is 77.1 Å². The van der Waals surface area contributed by atoms with Crippen molar-refractivity contribution >= 4 is 17.6 Å². The number of nitrogens with two attached hydrogens (primary N) is 1. The van der Waals surface area contributed by atoms with Crippen LogP contribution >= 0.6 is 11.8 Å². The van der Waals surface area contributed by atoms with Crippen LogP contribution in [0, 0.1) is 0 Å². The first kappa shape index (κ1) is 15.0. The molecule has 1 aromatic carbocycles. The van der Waals surface area contributed by atoms with Crippen molar-refractivity contribution in [1.82, 2.24) is 0 Å². The quantitative estimate of drug-likeness (QED) is 0.364. The first-order chi connectivity index (χ1) is 9.74. The van der Waals surface area contributed by atoms with E-state index in [0.717, 1.165) is 42.3 Å². The highest BCUT2D eigenvalue weighted by atomic mass is 32.2. The van der Waals surface area contributed by atoms with E-state index in [9.17, 15) is 0 Å². The smallest absolute Gasteiger partial charge is 0.170 e. The maximum atomic E-state index is 8.74. The van der Waals surface area contributed by atoms with Gasteiger partial charge in [-0.05, 0) is 31.0 Å². The van der Waals surface area contributed by atoms with Crippen molar-refractivity contribution in [2.75, 3.05) is 19.5 Å². The van der Waals surface area contributed by atoms with Crippen LogP contribution in [0.3, 0.4) is 0 Å². The van der Waals surface area contributed by atoms with Gasteiger partial charge in [0.15, 0.2) is 5.84 Å². The number of nitrogens with zero attached hydrogens (tertiary/aromatic N) is 1. The average molecular weight is 296 g/mol. The molecule has 0 bridgehead atoms. The van der Waals surface area contributed by atoms with Crippen LogP contribution in [0.1, 0.15) is 24.0 Å². The lowest BCUT2D eigenvalue weighted by Gasteiger charge is -2.12. The molecule has 0 amide bonds. The van der Waals surface area contributed by atoms with Gasteiger partial charge in [-0.2, -0.15) is 11.8 Å². The van der Waals surface area contributed by atoms with Gasteiger partial charge in [-0.25, -0.2) is 0 Å². The van der Waals surface area contributed by atoms with Crippen LogP contribution < -0.4 is 10.5 Å². The Labute approximate surface area is 123 Å². The third kappa shape index (κ3) is 3.80. The molecular weight excluding hydrogens is 276 g/mol. The van der Waals surface area contributed by atoms with Gasteiger partial charge in [0.05, 0.1) is 13.2 Å². The van der Waals surface area contributed by atoms with Gasteiger partial charge in [0, 0.05) is 29.2 Å². The van der Waals surface area contributed by atoms with E-state index in [1.54, 1.807) is 13.2 Å². The van der Waals surface area contributed by atoms with Crippen molar-refractivity contribution in [1.29, 1.82) is 0 Å². The average Bonchev–Trinajstić information content (AvgIpc) is 2.99. The molecule has 110 valence electrons. The Balaban J connectivity index is 2.00. The monoisotopic (exact) mass is 296 g/mol. The zero-order chi connectivity index (χ0) is 14.4. The first-order valence-corrected chi connectivity index (χ1v) is 7.74. The molecule has 20 heavy (non-hydrogen) atoms. The maximum absolute atomic E-state index is 8.74. The summed E-state index contributed by atoms with van der Waals surface area (Å²) in [7, 11) is 1.65. The number of hydrogen-bond donors (Lipinski definition) is 2. The molecule has 1 unspecified atom stereocenters. The third-order valence-electron chi connectivity index (χ3n) is 3.27. The summed E-state index contributed by atoms with van der Waals surface area (Å²) in [5, 5.41) is 11.8. The number of thioether (sulfide) groups is 1. The molecule has 1 saturated heterocycles. The number of oxime groups is 1. The molecule has 1 fully saturated rings. The Hall–Kier alpha value is -1.40. The fourth-order valence-electron chi connectivity index (χ4n) is 2.18. The lowest BCUT2D eigenvalue weighted by atomic mass is 10.1. The van der Waals surface area contributed by atoms with E-state index >= 15 is 0 Å². The molecule has 1 aromatic rings. The minimum absolute atomic E-state index is 0.109. The number of amidine groups is 1. The molecule has 6 heteroatoms. The molecule has 1 heterocycles. The van der Waals surface area contributed by atoms with Gasteiger partial charge < -0.3 is 20.4 Å². The summed E-state index contributed by atoms with van der Waals surface area (Å²) in [6.45, 7) is 0.882. The van der Waals surface area contributed by atoms with Crippen LogP contribution in [0.15, 0.2) is 23.4 Å². The summed E-state index contributed by atoms with van der Waals surface area (Å²) in [5.41, 5.74) is 7.35. The molecular formula is C14H20N2O3S. The van der Waals surface area contributed by atoms with Crippen molar-refractivity contribution in [2.45, 2.75) is 24.7 Å². The van der Waals surface area contributed by atoms with Crippen molar-refractivity contribution in [2.24, 2.45) is 10.9 Å². The van der Waals surface area contributed by atoms with Gasteiger partial charge in [-0.3, -0.25) is 0 Å². The first-order valence-electron chi connectivity index (χ1n) is 6.58. The Morgan fingerprint density at radius 3 is 3.10 bits per heavy atom. The summed E-state index contributed by atoms with van der Waals surface area (Å²) in [6, 6.07) is 5.52. The molecule has 1 aliphatic heterocycles. The van der Waals surface area contributed by atoms with Crippen LogP contribution in [-0.4, -0.2) is 36.6 Å². The van der Waals surface area contributed by atoms with Crippen LogP contribution in [-0.2, 0) is 10.5 Å². The molecule has 2 rings (SSSR count). The fraction of sp³-hybridized carbons (Fsp3) is 0.500. The molecule has 0 spiro atoms. The van der Waals surface area contributed by atoms with Gasteiger partial charge in [-0.15, -0.1) is 0 Å². The molecule has 0 aromatic heterocycles. The van der Waals surface area contributed by atoms with Crippen molar-refractivity contribution in [3.05, 3.63) is 29.3 Å². The van der Waals surface area contributed by atoms with E-state index in [1.165, 1.54) is 0 Å². The minimum Gasteiger partial charge on any atom is -0.496 e. The third-order valence-corrected chi connectivity index (χ3v) is 4.39. The number of rotatable bonds is 6. The number of methoxy groups -OCH3 is 1. The zero-order valence-corrected chi connectivity index (χ0v) is 12.4. The fourth-order valence-corrected chi connectivity index (χ4v) is 3.27. The molecule has 0 aliphatic carbocycles. The van der Waals surface area contributed by atoms with Crippen LogP contribution in [0.4, 0.5) is 0 Å². The molecule has 5 nitrogen and oxygen atoms in total. The van der Waals surface area contributed by atoms with Crippen molar-refractivity contribution in [3.8, 4) is 5.75 Å². The molecule has 0 radical (unpaired) electrons. The van der Waals surface area contributed by atoms with Crippen LogP contribution in [0.25, 0.3) is 0 Å². The van der Waals surface area contributed by atoms with Gasteiger partial charge in [0.2, 0.25) is 0 Å². The van der Waals surface area contributed by atoms with E-state index in [1.807, 2.05) is 23.9 Å². The minimum atomic E-state index is 0.109. The van der Waals surface area contributed by atoms with E-state index in [-0.39, 0.29) is 5.84 Å². The van der Waals surface area contributed by atoms with Gasteiger partial charge in [0.25, 0.3) is 0 Å². The van der Waals surface area contributed by atoms with Crippen LogP contribution in [0.5, 0.6) is 5.75 Å². The summed E-state index contributed by atoms with van der Waals surface area (Å²) in [6.07, 6.45) is 2.68. The summed E-state index contributed by atoms with van der Waals surface area (Å²) in [5.74, 6) is 2.73. The van der Waals surface area contributed by atoms with E-state index in [0.29, 0.717) is 11.7 Å². The second-order valence-corrected chi connectivity index (χ2v) is 5.69. The Bertz CT molecular complexity index is 473. The van der Waals surface area contributed by atoms with E-state index in [4.69, 9.17) is 20.4 Å². The number of benzene rings is 1. The van der Waals surface area contributed by atoms with E-state index < -0.39 is 0 Å². The lowest BCUT2D eigenvalue weighted by molar-refractivity contribution is 0.129. The molecule has 0 saturated carbocycles. The van der Waals surface area contributed by atoms with Gasteiger partial charge in [-0.1, -0.05) is 5.16 Å². The standard InChI is InChI=1S/C14H20N2O3S/c1-18-13-5-4-10(14(15)16-17)7-11(13)8-20-9-12-3-2-6-19-12/h4-5,7,12,17H,2-3,6,8-9H2,1H3,(H2,15,16). The van der Waals surface area contributed by atoms with Gasteiger partial charge in [0.1, 0.15) is 5.75 Å². The Morgan fingerprint density at radius 2 is 2.45 bits per heavy atom. The van der Waals surface area contributed by atoms with Crippen LogP contribution in [0.2, 0.25) is 0 Å². The summed E-state index contributed by atoms with van der Waals surface area (Å²) in [4.78, 5) is 0. The second-order valence-electron chi connectivity index (χ2n) is 4.66. The second kappa shape index (κ2) is 7.40. The highest BCUT2D eigenvalue weighted by Gasteiger charge is 2.15. The molecule has 1 aliphatic rings. The van der Waals surface area contributed by atoms with Crippen molar-refractivity contribution < 1.29 is 14.7 Å². The SMILES string of the molecule is COc1ccc(/C(N)=N/O)cc1CSCC1CCCO1. The Kier molecular flexibility index (Phi) is 5.55. The predicted molar refractivity (Wildman–Crippen MR) is 80.6 cm³/mol.